The van der Waals surface area contributed by atoms with E-state index in [-0.39, 0.29) is 0 Å². The van der Waals surface area contributed by atoms with Crippen molar-refractivity contribution in [2.45, 2.75) is 19.3 Å². The third-order valence-electron chi connectivity index (χ3n) is 2.96. The first-order valence-corrected chi connectivity index (χ1v) is 5.53. The molecule has 1 heterocycles. The third-order valence-corrected chi connectivity index (χ3v) is 2.96. The molecular weight excluding hydrogens is 198 g/mol. The SMILES string of the molecule is Nc1cccc(-c2ncc3c(n2)CCC3)c1. The van der Waals surface area contributed by atoms with Crippen LogP contribution in [0.1, 0.15) is 17.7 Å². The molecule has 1 aromatic carbocycles. The molecule has 0 amide bonds. The van der Waals surface area contributed by atoms with Crippen molar-refractivity contribution in [3.8, 4) is 11.4 Å². The summed E-state index contributed by atoms with van der Waals surface area (Å²) in [6, 6.07) is 7.71. The first-order valence-electron chi connectivity index (χ1n) is 5.53. The molecule has 3 rings (SSSR count). The maximum absolute atomic E-state index is 5.75. The van der Waals surface area contributed by atoms with Gasteiger partial charge in [0, 0.05) is 23.1 Å². The van der Waals surface area contributed by atoms with Crippen LogP contribution in [0.15, 0.2) is 30.5 Å². The summed E-state index contributed by atoms with van der Waals surface area (Å²) in [7, 11) is 0. The average molecular weight is 211 g/mol. The van der Waals surface area contributed by atoms with Crippen molar-refractivity contribution in [1.82, 2.24) is 9.97 Å². The Morgan fingerprint density at radius 1 is 1.19 bits per heavy atom. The summed E-state index contributed by atoms with van der Waals surface area (Å²) < 4.78 is 0. The molecule has 0 aliphatic heterocycles. The van der Waals surface area contributed by atoms with Gasteiger partial charge in [0.2, 0.25) is 0 Å². The van der Waals surface area contributed by atoms with E-state index in [0.717, 1.165) is 29.9 Å². The minimum Gasteiger partial charge on any atom is -0.399 e. The molecule has 1 aliphatic carbocycles. The van der Waals surface area contributed by atoms with E-state index < -0.39 is 0 Å². The van der Waals surface area contributed by atoms with Crippen LogP contribution in [0, 0.1) is 0 Å². The predicted molar refractivity (Wildman–Crippen MR) is 63.9 cm³/mol. The first kappa shape index (κ1) is 9.33. The zero-order valence-electron chi connectivity index (χ0n) is 8.98. The molecule has 0 fully saturated rings. The molecule has 2 aromatic rings. The lowest BCUT2D eigenvalue weighted by Crippen LogP contribution is -1.95. The second-order valence-electron chi connectivity index (χ2n) is 4.14. The van der Waals surface area contributed by atoms with Gasteiger partial charge in [-0.3, -0.25) is 0 Å². The van der Waals surface area contributed by atoms with Gasteiger partial charge in [-0.15, -0.1) is 0 Å². The van der Waals surface area contributed by atoms with E-state index in [9.17, 15) is 0 Å². The highest BCUT2D eigenvalue weighted by Crippen LogP contribution is 2.23. The van der Waals surface area contributed by atoms with E-state index in [0.29, 0.717) is 0 Å². The van der Waals surface area contributed by atoms with Crippen LogP contribution in [0.25, 0.3) is 11.4 Å². The highest BCUT2D eigenvalue weighted by molar-refractivity contribution is 5.61. The van der Waals surface area contributed by atoms with E-state index in [2.05, 4.69) is 9.97 Å². The normalized spacial score (nSPS) is 13.8. The molecule has 0 bridgehead atoms. The molecule has 0 saturated heterocycles. The van der Waals surface area contributed by atoms with Gasteiger partial charge < -0.3 is 5.73 Å². The van der Waals surface area contributed by atoms with Gasteiger partial charge in [0.15, 0.2) is 5.82 Å². The molecule has 0 saturated carbocycles. The minimum atomic E-state index is 0.751. The zero-order chi connectivity index (χ0) is 11.0. The number of aromatic nitrogens is 2. The molecule has 16 heavy (non-hydrogen) atoms. The summed E-state index contributed by atoms with van der Waals surface area (Å²) >= 11 is 0. The van der Waals surface area contributed by atoms with Crippen LogP contribution in [-0.4, -0.2) is 9.97 Å². The summed E-state index contributed by atoms with van der Waals surface area (Å²) in [6.45, 7) is 0. The Balaban J connectivity index is 2.07. The molecule has 3 nitrogen and oxygen atoms in total. The number of nitrogens with zero attached hydrogens (tertiary/aromatic N) is 2. The number of hydrogen-bond acceptors (Lipinski definition) is 3. The highest BCUT2D eigenvalue weighted by atomic mass is 14.9. The molecule has 2 N–H and O–H groups in total. The number of rotatable bonds is 1. The molecule has 0 atom stereocenters. The van der Waals surface area contributed by atoms with Crippen LogP contribution in [0.3, 0.4) is 0 Å². The van der Waals surface area contributed by atoms with Crippen molar-refractivity contribution in [3.05, 3.63) is 41.7 Å². The molecule has 0 radical (unpaired) electrons. The Kier molecular flexibility index (Phi) is 2.10. The lowest BCUT2D eigenvalue weighted by Gasteiger charge is -2.03. The van der Waals surface area contributed by atoms with Gasteiger partial charge in [-0.25, -0.2) is 9.97 Å². The topological polar surface area (TPSA) is 51.8 Å². The third kappa shape index (κ3) is 1.54. The Labute approximate surface area is 94.4 Å². The van der Waals surface area contributed by atoms with E-state index in [1.807, 2.05) is 30.5 Å². The van der Waals surface area contributed by atoms with E-state index in [4.69, 9.17) is 5.73 Å². The van der Waals surface area contributed by atoms with Gasteiger partial charge in [-0.2, -0.15) is 0 Å². The smallest absolute Gasteiger partial charge is 0.159 e. The monoisotopic (exact) mass is 211 g/mol. The molecular formula is C13H13N3. The Bertz CT molecular complexity index is 534. The predicted octanol–water partition coefficient (Wildman–Crippen LogP) is 2.21. The quantitative estimate of drug-likeness (QED) is 0.736. The van der Waals surface area contributed by atoms with Crippen LogP contribution in [0.4, 0.5) is 5.69 Å². The van der Waals surface area contributed by atoms with Crippen LogP contribution in [0.5, 0.6) is 0 Å². The van der Waals surface area contributed by atoms with Gasteiger partial charge in [0.1, 0.15) is 0 Å². The van der Waals surface area contributed by atoms with E-state index in [1.165, 1.54) is 17.7 Å². The van der Waals surface area contributed by atoms with Crippen molar-refractivity contribution < 1.29 is 0 Å². The van der Waals surface area contributed by atoms with Crippen molar-refractivity contribution in [2.75, 3.05) is 5.73 Å². The zero-order valence-corrected chi connectivity index (χ0v) is 8.98. The summed E-state index contributed by atoms with van der Waals surface area (Å²) in [4.78, 5) is 8.99. The van der Waals surface area contributed by atoms with Gasteiger partial charge in [0.05, 0.1) is 0 Å². The van der Waals surface area contributed by atoms with Crippen LogP contribution in [-0.2, 0) is 12.8 Å². The van der Waals surface area contributed by atoms with Crippen molar-refractivity contribution in [3.63, 3.8) is 0 Å². The number of fused-ring (bicyclic) bond motifs is 1. The van der Waals surface area contributed by atoms with E-state index >= 15 is 0 Å². The fourth-order valence-electron chi connectivity index (χ4n) is 2.13. The molecule has 1 aliphatic rings. The summed E-state index contributed by atoms with van der Waals surface area (Å²) in [5.74, 6) is 0.785. The van der Waals surface area contributed by atoms with Crippen LogP contribution in [0.2, 0.25) is 0 Å². The molecule has 3 heteroatoms. The Hall–Kier alpha value is -1.90. The van der Waals surface area contributed by atoms with Gasteiger partial charge in [-0.05, 0) is 37.0 Å². The maximum Gasteiger partial charge on any atom is 0.159 e. The molecule has 0 unspecified atom stereocenters. The Morgan fingerprint density at radius 2 is 2.12 bits per heavy atom. The summed E-state index contributed by atoms with van der Waals surface area (Å²) in [6.07, 6.45) is 5.35. The lowest BCUT2D eigenvalue weighted by molar-refractivity contribution is 0.900. The number of nitrogens with two attached hydrogens (primary N) is 1. The first-order chi connectivity index (χ1) is 7.83. The average Bonchev–Trinajstić information content (AvgIpc) is 2.75. The Morgan fingerprint density at radius 3 is 3.00 bits per heavy atom. The van der Waals surface area contributed by atoms with Crippen molar-refractivity contribution in [1.29, 1.82) is 0 Å². The van der Waals surface area contributed by atoms with Crippen molar-refractivity contribution >= 4 is 5.69 Å². The number of benzene rings is 1. The van der Waals surface area contributed by atoms with E-state index in [1.54, 1.807) is 0 Å². The summed E-state index contributed by atoms with van der Waals surface area (Å²) in [5.41, 5.74) is 10.00. The number of aryl methyl sites for hydroxylation is 2. The van der Waals surface area contributed by atoms with Gasteiger partial charge in [0.25, 0.3) is 0 Å². The number of hydrogen-bond donors (Lipinski definition) is 1. The fourth-order valence-corrected chi connectivity index (χ4v) is 2.13. The second-order valence-corrected chi connectivity index (χ2v) is 4.14. The van der Waals surface area contributed by atoms with Crippen molar-refractivity contribution in [2.24, 2.45) is 0 Å². The highest BCUT2D eigenvalue weighted by Gasteiger charge is 2.13. The molecule has 1 aromatic heterocycles. The standard InChI is InChI=1S/C13H13N3/c14-11-5-1-3-9(7-11)13-15-8-10-4-2-6-12(10)16-13/h1,3,5,7-8H,2,4,6,14H2. The van der Waals surface area contributed by atoms with Crippen LogP contribution < -0.4 is 5.73 Å². The molecule has 80 valence electrons. The van der Waals surface area contributed by atoms with Gasteiger partial charge in [-0.1, -0.05) is 12.1 Å². The number of nitrogen functional groups attached to an aromatic ring is 1. The van der Waals surface area contributed by atoms with Crippen LogP contribution >= 0.6 is 0 Å². The molecule has 0 spiro atoms. The van der Waals surface area contributed by atoms with Gasteiger partial charge >= 0.3 is 0 Å². The second kappa shape index (κ2) is 3.59. The largest absolute Gasteiger partial charge is 0.399 e. The minimum absolute atomic E-state index is 0.751. The number of anilines is 1. The fraction of sp³-hybridized carbons (Fsp3) is 0.231. The maximum atomic E-state index is 5.75. The lowest BCUT2D eigenvalue weighted by atomic mass is 10.2. The summed E-state index contributed by atoms with van der Waals surface area (Å²) in [5, 5.41) is 0.